The Bertz CT molecular complexity index is 1100. The van der Waals surface area contributed by atoms with Crippen LogP contribution in [0.4, 0.5) is 14.5 Å². The zero-order valence-electron chi connectivity index (χ0n) is 16.4. The van der Waals surface area contributed by atoms with Gasteiger partial charge in [-0.3, -0.25) is 4.79 Å². The van der Waals surface area contributed by atoms with Gasteiger partial charge in [0.1, 0.15) is 17.1 Å². The lowest BCUT2D eigenvalue weighted by Crippen LogP contribution is -2.36. The highest BCUT2D eigenvalue weighted by Crippen LogP contribution is 2.55. The van der Waals surface area contributed by atoms with Gasteiger partial charge in [-0.15, -0.1) is 0 Å². The molecule has 1 N–H and O–H groups in total. The van der Waals surface area contributed by atoms with E-state index < -0.39 is 28.6 Å². The molecule has 1 aromatic heterocycles. The van der Waals surface area contributed by atoms with Crippen LogP contribution in [0, 0.1) is 17.0 Å². The number of hydrogen-bond donors (Lipinski definition) is 1. The summed E-state index contributed by atoms with van der Waals surface area (Å²) >= 11 is 0. The highest BCUT2D eigenvalue weighted by Gasteiger charge is 2.56. The lowest BCUT2D eigenvalue weighted by molar-refractivity contribution is 0.0694. The molecule has 1 unspecified atom stereocenters. The Morgan fingerprint density at radius 1 is 1.28 bits per heavy atom. The number of hydrogen-bond acceptors (Lipinski definition) is 4. The molecule has 6 nitrogen and oxygen atoms in total. The fourth-order valence-corrected chi connectivity index (χ4v) is 5.00. The number of carboxylic acid groups (broad SMARTS) is 1. The fourth-order valence-electron chi connectivity index (χ4n) is 5.00. The number of rotatable bonds is 4. The van der Waals surface area contributed by atoms with E-state index in [1.807, 2.05) is 14.1 Å². The van der Waals surface area contributed by atoms with Gasteiger partial charge >= 0.3 is 5.97 Å². The number of carboxylic acids is 1. The minimum atomic E-state index is -1.39. The molecule has 29 heavy (non-hydrogen) atoms. The number of aromatic carboxylic acids is 1. The van der Waals surface area contributed by atoms with Gasteiger partial charge in [-0.25, -0.2) is 13.6 Å². The number of pyridine rings is 1. The van der Waals surface area contributed by atoms with Crippen molar-refractivity contribution >= 4 is 22.6 Å². The second-order valence-electron chi connectivity index (χ2n) is 8.95. The molecule has 1 spiro atoms. The van der Waals surface area contributed by atoms with Gasteiger partial charge in [-0.1, -0.05) is 0 Å². The first-order valence-corrected chi connectivity index (χ1v) is 9.95. The van der Waals surface area contributed by atoms with E-state index in [2.05, 4.69) is 4.90 Å². The monoisotopic (exact) mass is 403 g/mol. The van der Waals surface area contributed by atoms with Crippen molar-refractivity contribution in [1.82, 2.24) is 9.47 Å². The SMILES string of the molecule is CN(C)C1CN(c2c(F)cc3c(=O)c(C(=O)O)cn(C4CC4)c3c2F)CC12CC2. The van der Waals surface area contributed by atoms with Gasteiger partial charge in [0.2, 0.25) is 5.43 Å². The molecular formula is C21H23F2N3O3. The molecule has 2 saturated carbocycles. The normalized spacial score (nSPS) is 22.8. The summed E-state index contributed by atoms with van der Waals surface area (Å²) in [6, 6.07) is 1.17. The summed E-state index contributed by atoms with van der Waals surface area (Å²) in [6.45, 7) is 1.10. The van der Waals surface area contributed by atoms with Crippen molar-refractivity contribution in [2.45, 2.75) is 37.8 Å². The van der Waals surface area contributed by atoms with Crippen LogP contribution < -0.4 is 10.3 Å². The van der Waals surface area contributed by atoms with E-state index in [1.54, 1.807) is 4.90 Å². The molecular weight excluding hydrogens is 380 g/mol. The van der Waals surface area contributed by atoms with Crippen molar-refractivity contribution in [2.24, 2.45) is 5.41 Å². The Labute approximate surface area is 166 Å². The zero-order valence-corrected chi connectivity index (χ0v) is 16.4. The van der Waals surface area contributed by atoms with Gasteiger partial charge in [-0.2, -0.15) is 0 Å². The first-order chi connectivity index (χ1) is 13.7. The van der Waals surface area contributed by atoms with E-state index >= 15 is 8.78 Å². The number of likely N-dealkylation sites (N-methyl/N-ethyl adjacent to an activating group) is 1. The van der Waals surface area contributed by atoms with E-state index in [1.165, 1.54) is 10.8 Å². The number of fused-ring (bicyclic) bond motifs is 1. The van der Waals surface area contributed by atoms with Crippen molar-refractivity contribution in [3.8, 4) is 0 Å². The van der Waals surface area contributed by atoms with Crippen LogP contribution in [0.25, 0.3) is 10.9 Å². The predicted octanol–water partition coefficient (Wildman–Crippen LogP) is 2.84. The van der Waals surface area contributed by atoms with E-state index in [-0.39, 0.29) is 34.1 Å². The lowest BCUT2D eigenvalue weighted by atomic mass is 10.0. The quantitative estimate of drug-likeness (QED) is 0.851. The standard InChI is InChI=1S/C21H23F2N3O3/c1-24(2)15-9-25(10-21(15)5-6-21)18-14(22)7-12-17(16(18)23)26(11-3-4-11)8-13(19(12)27)20(28)29/h7-8,11,15H,3-6,9-10H2,1-2H3,(H,28,29). The summed E-state index contributed by atoms with van der Waals surface area (Å²) in [5.74, 6) is -2.97. The summed E-state index contributed by atoms with van der Waals surface area (Å²) in [6.07, 6.45) is 4.84. The number of aromatic nitrogens is 1. The number of anilines is 1. The average molecular weight is 403 g/mol. The lowest BCUT2D eigenvalue weighted by Gasteiger charge is -2.25. The van der Waals surface area contributed by atoms with Crippen LogP contribution in [0.2, 0.25) is 0 Å². The largest absolute Gasteiger partial charge is 0.477 e. The minimum absolute atomic E-state index is 0.0112. The van der Waals surface area contributed by atoms with Crippen molar-refractivity contribution in [3.63, 3.8) is 0 Å². The molecule has 2 heterocycles. The van der Waals surface area contributed by atoms with Gasteiger partial charge in [0.25, 0.3) is 0 Å². The Morgan fingerprint density at radius 2 is 1.97 bits per heavy atom. The highest BCUT2D eigenvalue weighted by molar-refractivity contribution is 5.94. The third-order valence-corrected chi connectivity index (χ3v) is 6.79. The molecule has 2 aromatic rings. The highest BCUT2D eigenvalue weighted by atomic mass is 19.1. The van der Waals surface area contributed by atoms with Crippen LogP contribution in [-0.4, -0.2) is 53.8 Å². The van der Waals surface area contributed by atoms with Crippen LogP contribution >= 0.6 is 0 Å². The van der Waals surface area contributed by atoms with Crippen LogP contribution in [-0.2, 0) is 0 Å². The van der Waals surface area contributed by atoms with Gasteiger partial charge in [0.05, 0.1) is 10.9 Å². The van der Waals surface area contributed by atoms with Crippen molar-refractivity contribution in [2.75, 3.05) is 32.1 Å². The third-order valence-electron chi connectivity index (χ3n) is 6.79. The Hall–Kier alpha value is -2.48. The molecule has 1 saturated heterocycles. The molecule has 1 aliphatic heterocycles. The summed E-state index contributed by atoms with van der Waals surface area (Å²) in [5.41, 5.74) is -1.33. The van der Waals surface area contributed by atoms with Crippen molar-refractivity contribution < 1.29 is 18.7 Å². The summed E-state index contributed by atoms with van der Waals surface area (Å²) < 4.78 is 32.4. The molecule has 0 amide bonds. The van der Waals surface area contributed by atoms with Gasteiger partial charge < -0.3 is 19.5 Å². The van der Waals surface area contributed by atoms with Crippen LogP contribution in [0.1, 0.15) is 42.1 Å². The average Bonchev–Trinajstić information content (AvgIpc) is 3.54. The molecule has 1 aromatic carbocycles. The van der Waals surface area contributed by atoms with Gasteiger partial charge in [-0.05, 0) is 45.8 Å². The smallest absolute Gasteiger partial charge is 0.341 e. The third kappa shape index (κ3) is 2.68. The number of carbonyl (C=O) groups is 1. The maximum absolute atomic E-state index is 15.7. The maximum Gasteiger partial charge on any atom is 0.341 e. The molecule has 3 fully saturated rings. The number of nitrogens with zero attached hydrogens (tertiary/aromatic N) is 3. The van der Waals surface area contributed by atoms with Crippen molar-refractivity contribution in [1.29, 1.82) is 0 Å². The second-order valence-corrected chi connectivity index (χ2v) is 8.95. The number of benzene rings is 1. The van der Waals surface area contributed by atoms with E-state index in [0.29, 0.717) is 13.1 Å². The number of halogens is 2. The Kier molecular flexibility index (Phi) is 3.84. The summed E-state index contributed by atoms with van der Waals surface area (Å²) in [5, 5.41) is 9.14. The summed E-state index contributed by atoms with van der Waals surface area (Å²) in [4.78, 5) is 28.0. The molecule has 2 aliphatic carbocycles. The summed E-state index contributed by atoms with van der Waals surface area (Å²) in [7, 11) is 3.97. The molecule has 5 rings (SSSR count). The van der Waals surface area contributed by atoms with Crippen LogP contribution in [0.15, 0.2) is 17.1 Å². The molecule has 0 bridgehead atoms. The van der Waals surface area contributed by atoms with E-state index in [0.717, 1.165) is 31.7 Å². The molecule has 8 heteroatoms. The first kappa shape index (κ1) is 18.5. The van der Waals surface area contributed by atoms with E-state index in [4.69, 9.17) is 0 Å². The molecule has 154 valence electrons. The molecule has 1 atom stereocenters. The molecule has 0 radical (unpaired) electrons. The van der Waals surface area contributed by atoms with Crippen molar-refractivity contribution in [3.05, 3.63) is 39.7 Å². The second kappa shape index (κ2) is 6.01. The predicted molar refractivity (Wildman–Crippen MR) is 105 cm³/mol. The minimum Gasteiger partial charge on any atom is -0.477 e. The van der Waals surface area contributed by atoms with E-state index in [9.17, 15) is 14.7 Å². The first-order valence-electron chi connectivity index (χ1n) is 9.95. The van der Waals surface area contributed by atoms with Gasteiger partial charge in [0.15, 0.2) is 5.82 Å². The topological polar surface area (TPSA) is 65.8 Å². The van der Waals surface area contributed by atoms with Gasteiger partial charge in [0, 0.05) is 36.8 Å². The van der Waals surface area contributed by atoms with Crippen LogP contribution in [0.5, 0.6) is 0 Å². The Morgan fingerprint density at radius 3 is 2.48 bits per heavy atom. The Balaban J connectivity index is 1.71. The van der Waals surface area contributed by atoms with Crippen LogP contribution in [0.3, 0.4) is 0 Å². The zero-order chi connectivity index (χ0) is 20.7. The maximum atomic E-state index is 15.7. The molecule has 3 aliphatic rings. The fraction of sp³-hybridized carbons (Fsp3) is 0.524.